The maximum atomic E-state index is 3.76. The molecule has 158 valence electrons. The van der Waals surface area contributed by atoms with Crippen LogP contribution < -0.4 is 0 Å². The molecule has 0 N–H and O–H groups in total. The lowest BCUT2D eigenvalue weighted by molar-refractivity contribution is 0.297. The zero-order valence-electron chi connectivity index (χ0n) is 18.5. The first-order valence-corrected chi connectivity index (χ1v) is 12.6. The smallest absolute Gasteiger partial charge is 0.0178 e. The summed E-state index contributed by atoms with van der Waals surface area (Å²) in [7, 11) is 0. The lowest BCUT2D eigenvalue weighted by Crippen LogP contribution is -2.19. The zero-order chi connectivity index (χ0) is 21.4. The van der Waals surface area contributed by atoms with Crippen LogP contribution in [0.25, 0.3) is 22.3 Å². The van der Waals surface area contributed by atoms with Crippen LogP contribution in [0.5, 0.6) is 0 Å². The lowest BCUT2D eigenvalue weighted by atomic mass is 9.73. The maximum Gasteiger partial charge on any atom is 0.0178 e. The van der Waals surface area contributed by atoms with Crippen molar-refractivity contribution in [3.05, 3.63) is 94.5 Å². The molecule has 0 fully saturated rings. The fourth-order valence-electron chi connectivity index (χ4n) is 5.90. The summed E-state index contributed by atoms with van der Waals surface area (Å²) in [6, 6.07) is 24.9. The van der Waals surface area contributed by atoms with Crippen LogP contribution in [0.3, 0.4) is 0 Å². The summed E-state index contributed by atoms with van der Waals surface area (Å²) in [6.07, 6.45) is 10.0. The molecule has 5 rings (SSSR count). The van der Waals surface area contributed by atoms with E-state index in [0.29, 0.717) is 17.8 Å². The molecule has 0 bridgehead atoms. The highest BCUT2D eigenvalue weighted by molar-refractivity contribution is 9.10. The number of halogens is 1. The van der Waals surface area contributed by atoms with Gasteiger partial charge in [0.15, 0.2) is 0 Å². The van der Waals surface area contributed by atoms with Gasteiger partial charge in [0.25, 0.3) is 0 Å². The fraction of sp³-hybridized carbons (Fsp3) is 0.333. The Bertz CT molecular complexity index is 1090. The predicted molar refractivity (Wildman–Crippen MR) is 136 cm³/mol. The van der Waals surface area contributed by atoms with Gasteiger partial charge in [-0.3, -0.25) is 0 Å². The largest absolute Gasteiger partial charge is 0.0880 e. The summed E-state index contributed by atoms with van der Waals surface area (Å²) in [6.45, 7) is 4.75. The van der Waals surface area contributed by atoms with Gasteiger partial charge in [-0.05, 0) is 88.6 Å². The Morgan fingerprint density at radius 2 is 1.58 bits per heavy atom. The Labute approximate surface area is 195 Å². The first-order valence-electron chi connectivity index (χ1n) is 11.8. The van der Waals surface area contributed by atoms with Crippen LogP contribution in [0.2, 0.25) is 0 Å². The Kier molecular flexibility index (Phi) is 5.89. The number of fused-ring (bicyclic) bond motifs is 3. The first-order chi connectivity index (χ1) is 15.1. The Morgan fingerprint density at radius 3 is 2.35 bits per heavy atom. The van der Waals surface area contributed by atoms with Crippen LogP contribution in [0.1, 0.15) is 56.6 Å². The zero-order valence-corrected chi connectivity index (χ0v) is 20.1. The minimum atomic E-state index is 0.471. The Balaban J connectivity index is 1.63. The van der Waals surface area contributed by atoms with Crippen molar-refractivity contribution in [3.63, 3.8) is 0 Å². The Morgan fingerprint density at radius 1 is 0.839 bits per heavy atom. The van der Waals surface area contributed by atoms with E-state index in [-0.39, 0.29) is 0 Å². The van der Waals surface area contributed by atoms with Gasteiger partial charge in [0.05, 0.1) is 0 Å². The molecule has 0 heterocycles. The molecule has 31 heavy (non-hydrogen) atoms. The van der Waals surface area contributed by atoms with Gasteiger partial charge in [-0.15, -0.1) is 0 Å². The lowest BCUT2D eigenvalue weighted by Gasteiger charge is -2.31. The summed E-state index contributed by atoms with van der Waals surface area (Å²) >= 11 is 3.76. The second-order valence-corrected chi connectivity index (χ2v) is 10.4. The second kappa shape index (κ2) is 8.79. The highest BCUT2D eigenvalue weighted by Gasteiger charge is 2.36. The van der Waals surface area contributed by atoms with Crippen molar-refractivity contribution in [3.8, 4) is 22.3 Å². The maximum absolute atomic E-state index is 3.76. The average molecular weight is 471 g/mol. The average Bonchev–Trinajstić information content (AvgIpc) is 3.09. The van der Waals surface area contributed by atoms with Crippen LogP contribution in [0.4, 0.5) is 0 Å². The molecule has 0 saturated heterocycles. The molecule has 4 atom stereocenters. The molecule has 4 unspecified atom stereocenters. The minimum Gasteiger partial charge on any atom is -0.0880 e. The van der Waals surface area contributed by atoms with Gasteiger partial charge in [-0.2, -0.15) is 0 Å². The van der Waals surface area contributed by atoms with Gasteiger partial charge >= 0.3 is 0 Å². The van der Waals surface area contributed by atoms with Crippen molar-refractivity contribution in [2.45, 2.75) is 45.4 Å². The van der Waals surface area contributed by atoms with Crippen molar-refractivity contribution >= 4 is 15.9 Å². The summed E-state index contributed by atoms with van der Waals surface area (Å²) in [5.41, 5.74) is 8.53. The molecule has 1 heteroatoms. The fourth-order valence-corrected chi connectivity index (χ4v) is 6.28. The molecule has 0 aliphatic heterocycles. The second-order valence-electron chi connectivity index (χ2n) is 9.52. The highest BCUT2D eigenvalue weighted by atomic mass is 79.9. The molecule has 0 spiro atoms. The van der Waals surface area contributed by atoms with E-state index in [0.717, 1.165) is 5.92 Å². The van der Waals surface area contributed by atoms with Gasteiger partial charge in [0.1, 0.15) is 0 Å². The molecule has 2 aliphatic rings. The molecule has 2 aliphatic carbocycles. The number of hydrogen-bond donors (Lipinski definition) is 0. The molecule has 0 saturated carbocycles. The third-order valence-electron chi connectivity index (χ3n) is 7.43. The molecule has 0 amide bonds. The third kappa shape index (κ3) is 4.05. The van der Waals surface area contributed by atoms with E-state index in [1.165, 1.54) is 63.5 Å². The van der Waals surface area contributed by atoms with Gasteiger partial charge in [0.2, 0.25) is 0 Å². The standard InChI is InChI=1S/C30H31Br/c1-3-21-16-20(2)8-7-11-24(17-21)30-28-18-23(22-9-5-4-6-10-22)12-14-26(28)27-15-13-25(31)19-29(27)30/h4-10,12-15,18-21,24,30H,3,11,16-17H2,1-2H3/b8-7+. The van der Waals surface area contributed by atoms with Crippen LogP contribution >= 0.6 is 15.9 Å². The van der Waals surface area contributed by atoms with Gasteiger partial charge in [-0.1, -0.05) is 96.9 Å². The SMILES string of the molecule is CCC1CC(C)/C=C/CC(C2c3cc(Br)ccc3-c3ccc(-c4ccccc4)cc32)C1. The summed E-state index contributed by atoms with van der Waals surface area (Å²) < 4.78 is 1.19. The van der Waals surface area contributed by atoms with Gasteiger partial charge < -0.3 is 0 Å². The number of rotatable bonds is 3. The monoisotopic (exact) mass is 470 g/mol. The molecular formula is C30H31Br. The molecule has 0 nitrogen and oxygen atoms in total. The van der Waals surface area contributed by atoms with Crippen molar-refractivity contribution in [1.82, 2.24) is 0 Å². The van der Waals surface area contributed by atoms with E-state index in [1.807, 2.05) is 0 Å². The molecule has 3 aromatic carbocycles. The number of benzene rings is 3. The third-order valence-corrected chi connectivity index (χ3v) is 7.92. The summed E-state index contributed by atoms with van der Waals surface area (Å²) in [4.78, 5) is 0. The van der Waals surface area contributed by atoms with Crippen molar-refractivity contribution in [2.75, 3.05) is 0 Å². The topological polar surface area (TPSA) is 0 Å². The van der Waals surface area contributed by atoms with E-state index in [2.05, 4.69) is 109 Å². The quantitative estimate of drug-likeness (QED) is 0.334. The molecule has 3 aromatic rings. The molecule has 0 radical (unpaired) electrons. The van der Waals surface area contributed by atoms with Gasteiger partial charge in [-0.25, -0.2) is 0 Å². The van der Waals surface area contributed by atoms with Crippen molar-refractivity contribution < 1.29 is 0 Å². The van der Waals surface area contributed by atoms with Crippen LogP contribution in [-0.4, -0.2) is 0 Å². The van der Waals surface area contributed by atoms with Crippen molar-refractivity contribution in [1.29, 1.82) is 0 Å². The predicted octanol–water partition coefficient (Wildman–Crippen LogP) is 9.25. The van der Waals surface area contributed by atoms with E-state index < -0.39 is 0 Å². The van der Waals surface area contributed by atoms with Crippen molar-refractivity contribution in [2.24, 2.45) is 17.8 Å². The number of hydrogen-bond acceptors (Lipinski definition) is 0. The Hall–Kier alpha value is -2.12. The summed E-state index contributed by atoms with van der Waals surface area (Å²) in [5.74, 6) is 2.63. The van der Waals surface area contributed by atoms with Crippen LogP contribution in [0.15, 0.2) is 83.4 Å². The first kappa shape index (κ1) is 20.8. The summed E-state index contributed by atoms with van der Waals surface area (Å²) in [5, 5.41) is 0. The normalized spacial score (nSPS) is 25.9. The van der Waals surface area contributed by atoms with E-state index >= 15 is 0 Å². The van der Waals surface area contributed by atoms with Crippen LogP contribution in [-0.2, 0) is 0 Å². The van der Waals surface area contributed by atoms with E-state index in [9.17, 15) is 0 Å². The minimum absolute atomic E-state index is 0.471. The molecular weight excluding hydrogens is 440 g/mol. The molecule has 0 aromatic heterocycles. The number of allylic oxidation sites excluding steroid dienone is 2. The van der Waals surface area contributed by atoms with Gasteiger partial charge in [0, 0.05) is 10.4 Å². The highest BCUT2D eigenvalue weighted by Crippen LogP contribution is 2.52. The van der Waals surface area contributed by atoms with Crippen LogP contribution in [0, 0.1) is 17.8 Å². The van der Waals surface area contributed by atoms with E-state index in [1.54, 1.807) is 0 Å². The van der Waals surface area contributed by atoms with E-state index in [4.69, 9.17) is 0 Å².